The largest absolute Gasteiger partial charge is 0.493 e. The van der Waals surface area contributed by atoms with Crippen molar-refractivity contribution in [1.82, 2.24) is 24.6 Å². The molecule has 1 aromatic carbocycles. The van der Waals surface area contributed by atoms with Gasteiger partial charge in [-0.25, -0.2) is 18.7 Å². The molecule has 0 atom stereocenters. The summed E-state index contributed by atoms with van der Waals surface area (Å²) in [5.41, 5.74) is 8.55. The summed E-state index contributed by atoms with van der Waals surface area (Å²) in [4.78, 5) is 8.21. The summed E-state index contributed by atoms with van der Waals surface area (Å²) in [5, 5.41) is 11.1. The number of halogens is 2. The molecule has 10 heteroatoms. The van der Waals surface area contributed by atoms with Crippen molar-refractivity contribution in [2.45, 2.75) is 13.0 Å². The molecule has 0 saturated heterocycles. The van der Waals surface area contributed by atoms with Crippen LogP contribution in [0, 0.1) is 11.6 Å². The smallest absolute Gasteiger partial charge is 0.210 e. The Bertz CT molecular complexity index is 1240. The molecule has 3 aromatic heterocycles. The first-order valence-corrected chi connectivity index (χ1v) is 8.89. The van der Waals surface area contributed by atoms with E-state index in [1.165, 1.54) is 24.7 Å². The van der Waals surface area contributed by atoms with Crippen LogP contribution in [0.25, 0.3) is 16.8 Å². The number of hydrogen-bond donors (Lipinski definition) is 2. The Morgan fingerprint density at radius 3 is 2.97 bits per heavy atom. The first-order valence-electron chi connectivity index (χ1n) is 8.89. The summed E-state index contributed by atoms with van der Waals surface area (Å²) in [7, 11) is 0. The van der Waals surface area contributed by atoms with Gasteiger partial charge in [-0.15, -0.1) is 10.2 Å². The van der Waals surface area contributed by atoms with Crippen LogP contribution in [0.1, 0.15) is 11.1 Å². The number of rotatable bonds is 4. The van der Waals surface area contributed by atoms with E-state index in [1.807, 2.05) is 0 Å². The lowest BCUT2D eigenvalue weighted by atomic mass is 10.0. The van der Waals surface area contributed by atoms with E-state index in [-0.39, 0.29) is 18.2 Å². The van der Waals surface area contributed by atoms with Gasteiger partial charge in [-0.1, -0.05) is 0 Å². The number of nitrogen functional groups attached to an aromatic ring is 1. The van der Waals surface area contributed by atoms with Crippen LogP contribution in [-0.2, 0) is 13.0 Å². The van der Waals surface area contributed by atoms with Gasteiger partial charge in [-0.3, -0.25) is 4.40 Å². The predicted octanol–water partition coefficient (Wildman–Crippen LogP) is 2.59. The molecule has 5 rings (SSSR count). The van der Waals surface area contributed by atoms with Gasteiger partial charge in [-0.05, 0) is 18.2 Å². The second-order valence-corrected chi connectivity index (χ2v) is 6.56. The highest BCUT2D eigenvalue weighted by Gasteiger charge is 2.20. The molecule has 0 unspecified atom stereocenters. The maximum absolute atomic E-state index is 14.4. The van der Waals surface area contributed by atoms with Gasteiger partial charge in [-0.2, -0.15) is 0 Å². The van der Waals surface area contributed by atoms with Crippen molar-refractivity contribution >= 4 is 17.4 Å². The van der Waals surface area contributed by atoms with E-state index < -0.39 is 5.82 Å². The lowest BCUT2D eigenvalue weighted by molar-refractivity contribution is 0.356. The fourth-order valence-corrected chi connectivity index (χ4v) is 3.48. The number of aromatic nitrogens is 5. The molecule has 4 heterocycles. The highest BCUT2D eigenvalue weighted by molar-refractivity contribution is 5.83. The summed E-state index contributed by atoms with van der Waals surface area (Å²) in [6.45, 7) is 0.749. The van der Waals surface area contributed by atoms with Crippen LogP contribution in [0.4, 0.5) is 20.5 Å². The van der Waals surface area contributed by atoms with Crippen LogP contribution in [0.5, 0.6) is 5.75 Å². The maximum atomic E-state index is 14.4. The Kier molecular flexibility index (Phi) is 3.97. The number of nitrogens with two attached hydrogens (primary N) is 1. The summed E-state index contributed by atoms with van der Waals surface area (Å²) >= 11 is 0. The lowest BCUT2D eigenvalue weighted by Crippen LogP contribution is -2.10. The molecule has 1 aliphatic rings. The minimum atomic E-state index is -0.523. The van der Waals surface area contributed by atoms with Crippen LogP contribution in [-0.4, -0.2) is 31.2 Å². The zero-order valence-electron chi connectivity index (χ0n) is 15.1. The molecule has 1 aliphatic heterocycles. The molecule has 8 nitrogen and oxygen atoms in total. The quantitative estimate of drug-likeness (QED) is 0.547. The van der Waals surface area contributed by atoms with Gasteiger partial charge in [0.15, 0.2) is 5.65 Å². The van der Waals surface area contributed by atoms with E-state index >= 15 is 0 Å². The molecule has 146 valence electrons. The Labute approximate surface area is 163 Å². The van der Waals surface area contributed by atoms with Gasteiger partial charge >= 0.3 is 0 Å². The van der Waals surface area contributed by atoms with Crippen LogP contribution in [0.15, 0.2) is 36.9 Å². The summed E-state index contributed by atoms with van der Waals surface area (Å²) in [6.07, 6.45) is 4.67. The van der Waals surface area contributed by atoms with Gasteiger partial charge in [0.1, 0.15) is 29.5 Å². The molecule has 29 heavy (non-hydrogen) atoms. The van der Waals surface area contributed by atoms with Crippen LogP contribution < -0.4 is 15.8 Å². The summed E-state index contributed by atoms with van der Waals surface area (Å²) in [5.74, 6) is 0.435. The van der Waals surface area contributed by atoms with Gasteiger partial charge in [0, 0.05) is 41.4 Å². The Balaban J connectivity index is 1.51. The van der Waals surface area contributed by atoms with Crippen molar-refractivity contribution in [3.05, 3.63) is 59.7 Å². The van der Waals surface area contributed by atoms with Gasteiger partial charge < -0.3 is 15.8 Å². The number of benzene rings is 1. The van der Waals surface area contributed by atoms with E-state index in [9.17, 15) is 8.78 Å². The highest BCUT2D eigenvalue weighted by Crippen LogP contribution is 2.31. The molecule has 0 radical (unpaired) electrons. The number of anilines is 2. The molecule has 3 N–H and O–H groups in total. The Morgan fingerprint density at radius 1 is 1.17 bits per heavy atom. The van der Waals surface area contributed by atoms with Crippen molar-refractivity contribution in [2.24, 2.45) is 0 Å². The average molecular weight is 395 g/mol. The molecular weight excluding hydrogens is 380 g/mol. The third-order valence-corrected chi connectivity index (χ3v) is 4.87. The lowest BCUT2D eigenvalue weighted by Gasteiger charge is -2.13. The third kappa shape index (κ3) is 2.89. The van der Waals surface area contributed by atoms with Crippen LogP contribution >= 0.6 is 0 Å². The fourth-order valence-electron chi connectivity index (χ4n) is 3.48. The maximum Gasteiger partial charge on any atom is 0.210 e. The summed E-state index contributed by atoms with van der Waals surface area (Å²) in [6, 6.07) is 4.30. The molecule has 0 amide bonds. The first-order chi connectivity index (χ1) is 14.1. The van der Waals surface area contributed by atoms with E-state index in [0.29, 0.717) is 47.1 Å². The van der Waals surface area contributed by atoms with E-state index in [4.69, 9.17) is 10.5 Å². The minimum absolute atomic E-state index is 0.153. The Morgan fingerprint density at radius 2 is 2.07 bits per heavy atom. The van der Waals surface area contributed by atoms with E-state index in [1.54, 1.807) is 10.5 Å². The molecule has 0 spiro atoms. The summed E-state index contributed by atoms with van der Waals surface area (Å²) < 4.78 is 35.1. The zero-order valence-corrected chi connectivity index (χ0v) is 15.1. The zero-order chi connectivity index (χ0) is 20.0. The molecular formula is C19H15F2N7O. The van der Waals surface area contributed by atoms with E-state index in [2.05, 4.69) is 25.5 Å². The second kappa shape index (κ2) is 6.66. The number of nitrogens with zero attached hydrogens (tertiary/aromatic N) is 5. The number of pyridine rings is 1. The standard InChI is InChI=1S/C19H15F2N7O/c20-10-5-12(17(22)23-6-10)14-8-25-19(28-9-26-27-18(14)28)24-7-13-11-3-4-29-16(11)2-1-15(13)21/h1-2,5-6,8-9H,3-4,7H2,(H2,22,23)(H,24,25). The Hall–Kier alpha value is -3.82. The van der Waals surface area contributed by atoms with Crippen LogP contribution in [0.3, 0.4) is 0 Å². The normalized spacial score (nSPS) is 12.8. The van der Waals surface area contributed by atoms with Crippen molar-refractivity contribution in [2.75, 3.05) is 17.7 Å². The molecule has 0 saturated carbocycles. The van der Waals surface area contributed by atoms with Crippen molar-refractivity contribution < 1.29 is 13.5 Å². The molecule has 0 bridgehead atoms. The molecule has 4 aromatic rings. The monoisotopic (exact) mass is 395 g/mol. The number of hydrogen-bond acceptors (Lipinski definition) is 7. The van der Waals surface area contributed by atoms with Gasteiger partial charge in [0.2, 0.25) is 5.95 Å². The van der Waals surface area contributed by atoms with Gasteiger partial charge in [0.25, 0.3) is 0 Å². The fraction of sp³-hybridized carbons (Fsp3) is 0.158. The van der Waals surface area contributed by atoms with Gasteiger partial charge in [0.05, 0.1) is 12.8 Å². The topological polar surface area (TPSA) is 103 Å². The van der Waals surface area contributed by atoms with Crippen molar-refractivity contribution in [3.63, 3.8) is 0 Å². The SMILES string of the molecule is Nc1ncc(F)cc1-c1cnc(NCc2c(F)ccc3c2CCO3)n2cnnc12. The van der Waals surface area contributed by atoms with Crippen molar-refractivity contribution in [1.29, 1.82) is 0 Å². The second-order valence-electron chi connectivity index (χ2n) is 6.56. The number of ether oxygens (including phenoxy) is 1. The predicted molar refractivity (Wildman–Crippen MR) is 101 cm³/mol. The number of nitrogens with one attached hydrogen (secondary N) is 1. The molecule has 0 fully saturated rings. The average Bonchev–Trinajstić information content (AvgIpc) is 3.39. The van der Waals surface area contributed by atoms with Crippen LogP contribution in [0.2, 0.25) is 0 Å². The highest BCUT2D eigenvalue weighted by atomic mass is 19.1. The molecule has 0 aliphatic carbocycles. The van der Waals surface area contributed by atoms with E-state index in [0.717, 1.165) is 11.8 Å². The minimum Gasteiger partial charge on any atom is -0.493 e. The third-order valence-electron chi connectivity index (χ3n) is 4.87. The number of fused-ring (bicyclic) bond motifs is 2. The van der Waals surface area contributed by atoms with Crippen molar-refractivity contribution in [3.8, 4) is 16.9 Å². The first kappa shape index (κ1) is 17.3.